The van der Waals surface area contributed by atoms with E-state index in [2.05, 4.69) is 90.8 Å². The van der Waals surface area contributed by atoms with Crippen LogP contribution in [-0.4, -0.2) is 9.13 Å². The quantitative estimate of drug-likeness (QED) is 0.463. The SMILES string of the molecule is CC(C)n1c2c(c3ccc4c5c(n(C)c4c31)C=CC1C=CC=CC51)C=CCC2. The Kier molecular flexibility index (Phi) is 3.27. The molecule has 140 valence electrons. The largest absolute Gasteiger partial charge is 0.342 e. The second-order valence-corrected chi connectivity index (χ2v) is 8.71. The van der Waals surface area contributed by atoms with E-state index >= 15 is 0 Å². The number of hydrogen-bond acceptors (Lipinski definition) is 0. The summed E-state index contributed by atoms with van der Waals surface area (Å²) in [6, 6.07) is 5.21. The minimum Gasteiger partial charge on any atom is -0.342 e. The molecule has 0 aliphatic heterocycles. The molecule has 2 nitrogen and oxygen atoms in total. The number of aryl methyl sites for hydroxylation is 1. The number of rotatable bonds is 1. The van der Waals surface area contributed by atoms with Crippen LogP contribution in [0.2, 0.25) is 0 Å². The van der Waals surface area contributed by atoms with Crippen molar-refractivity contribution < 1.29 is 0 Å². The van der Waals surface area contributed by atoms with Crippen LogP contribution < -0.4 is 0 Å². The zero-order valence-electron chi connectivity index (χ0n) is 16.8. The van der Waals surface area contributed by atoms with E-state index in [1.807, 2.05) is 0 Å². The van der Waals surface area contributed by atoms with Gasteiger partial charge >= 0.3 is 0 Å². The molecule has 0 saturated heterocycles. The normalized spacial score (nSPS) is 22.3. The van der Waals surface area contributed by atoms with Gasteiger partial charge in [-0.25, -0.2) is 0 Å². The fraction of sp³-hybridized carbons (Fsp3) is 0.308. The van der Waals surface area contributed by atoms with Gasteiger partial charge in [-0.2, -0.15) is 0 Å². The van der Waals surface area contributed by atoms with E-state index in [4.69, 9.17) is 0 Å². The molecule has 0 N–H and O–H groups in total. The van der Waals surface area contributed by atoms with Crippen LogP contribution in [0.25, 0.3) is 34.0 Å². The van der Waals surface area contributed by atoms with Crippen molar-refractivity contribution in [3.8, 4) is 0 Å². The Labute approximate surface area is 166 Å². The summed E-state index contributed by atoms with van der Waals surface area (Å²) in [6.07, 6.45) is 20.8. The van der Waals surface area contributed by atoms with E-state index in [9.17, 15) is 0 Å². The fourth-order valence-corrected chi connectivity index (χ4v) is 5.74. The predicted molar refractivity (Wildman–Crippen MR) is 120 cm³/mol. The zero-order valence-corrected chi connectivity index (χ0v) is 16.8. The monoisotopic (exact) mass is 366 g/mol. The summed E-state index contributed by atoms with van der Waals surface area (Å²) in [4.78, 5) is 0. The molecule has 2 heteroatoms. The molecule has 1 aromatic carbocycles. The maximum Gasteiger partial charge on any atom is 0.0738 e. The number of fused-ring (bicyclic) bond motifs is 9. The lowest BCUT2D eigenvalue weighted by atomic mass is 9.78. The topological polar surface area (TPSA) is 9.86 Å². The first kappa shape index (κ1) is 16.2. The van der Waals surface area contributed by atoms with Crippen LogP contribution in [0.1, 0.15) is 54.7 Å². The highest BCUT2D eigenvalue weighted by Gasteiger charge is 2.31. The minimum atomic E-state index is 0.447. The Bertz CT molecular complexity index is 1250. The van der Waals surface area contributed by atoms with Crippen molar-refractivity contribution >= 4 is 34.0 Å². The molecule has 0 spiro atoms. The molecule has 0 bridgehead atoms. The summed E-state index contributed by atoms with van der Waals surface area (Å²) in [5.41, 5.74) is 8.62. The molecule has 6 rings (SSSR count). The molecule has 2 atom stereocenters. The van der Waals surface area contributed by atoms with Crippen LogP contribution in [0.4, 0.5) is 0 Å². The summed E-state index contributed by atoms with van der Waals surface area (Å²) in [5.74, 6) is 0.926. The molecule has 2 heterocycles. The van der Waals surface area contributed by atoms with Gasteiger partial charge < -0.3 is 9.13 Å². The van der Waals surface area contributed by atoms with E-state index in [1.54, 1.807) is 0 Å². The molecule has 0 saturated carbocycles. The first-order chi connectivity index (χ1) is 13.7. The van der Waals surface area contributed by atoms with Crippen molar-refractivity contribution in [2.75, 3.05) is 0 Å². The van der Waals surface area contributed by atoms with Gasteiger partial charge in [0.1, 0.15) is 0 Å². The fourth-order valence-electron chi connectivity index (χ4n) is 5.74. The molecule has 3 aliphatic carbocycles. The standard InChI is InChI=1S/C26H26N2/c1-16(2)28-22-11-7-6-10-19(22)20-13-14-21-24-18-9-5-4-8-17(18)12-15-23(24)27(3)25(21)26(20)28/h4-6,8-10,12-18H,7,11H2,1-3H3. The van der Waals surface area contributed by atoms with Crippen molar-refractivity contribution in [3.05, 3.63) is 71.1 Å². The van der Waals surface area contributed by atoms with E-state index < -0.39 is 0 Å². The highest BCUT2D eigenvalue weighted by molar-refractivity contribution is 6.10. The first-order valence-corrected chi connectivity index (χ1v) is 10.5. The average molecular weight is 367 g/mol. The van der Waals surface area contributed by atoms with Gasteiger partial charge in [0, 0.05) is 52.6 Å². The van der Waals surface area contributed by atoms with Gasteiger partial charge in [-0.05, 0) is 38.3 Å². The third kappa shape index (κ3) is 1.93. The van der Waals surface area contributed by atoms with Crippen LogP contribution >= 0.6 is 0 Å². The molecular formula is C26H26N2. The number of nitrogens with zero attached hydrogens (tertiary/aromatic N) is 2. The van der Waals surface area contributed by atoms with Gasteiger partial charge in [-0.15, -0.1) is 0 Å². The minimum absolute atomic E-state index is 0.447. The van der Waals surface area contributed by atoms with Gasteiger partial charge in [-0.3, -0.25) is 0 Å². The van der Waals surface area contributed by atoms with Crippen LogP contribution in [0, 0.1) is 5.92 Å². The maximum absolute atomic E-state index is 2.61. The van der Waals surface area contributed by atoms with Crippen LogP contribution in [0.5, 0.6) is 0 Å². The van der Waals surface area contributed by atoms with E-state index in [-0.39, 0.29) is 0 Å². The summed E-state index contributed by atoms with van der Waals surface area (Å²) < 4.78 is 5.06. The lowest BCUT2D eigenvalue weighted by Gasteiger charge is -2.26. The zero-order chi connectivity index (χ0) is 19.0. The van der Waals surface area contributed by atoms with Crippen molar-refractivity contribution in [2.24, 2.45) is 13.0 Å². The third-order valence-electron chi connectivity index (χ3n) is 6.88. The molecule has 0 fully saturated rings. The first-order valence-electron chi connectivity index (χ1n) is 10.5. The predicted octanol–water partition coefficient (Wildman–Crippen LogP) is 6.53. The molecule has 2 unspecified atom stereocenters. The van der Waals surface area contributed by atoms with E-state index in [0.717, 1.165) is 12.8 Å². The molecule has 0 amide bonds. The van der Waals surface area contributed by atoms with Gasteiger partial charge in [0.25, 0.3) is 0 Å². The number of benzene rings is 1. The highest BCUT2D eigenvalue weighted by atomic mass is 15.1. The Morgan fingerprint density at radius 2 is 1.79 bits per heavy atom. The second-order valence-electron chi connectivity index (χ2n) is 8.71. The Morgan fingerprint density at radius 1 is 0.964 bits per heavy atom. The molecule has 2 aromatic heterocycles. The summed E-state index contributed by atoms with van der Waals surface area (Å²) >= 11 is 0. The Hall–Kier alpha value is -2.74. The lowest BCUT2D eigenvalue weighted by molar-refractivity contribution is 0.592. The Balaban J connectivity index is 1.77. The van der Waals surface area contributed by atoms with Gasteiger partial charge in [-0.1, -0.05) is 54.7 Å². The van der Waals surface area contributed by atoms with Gasteiger partial charge in [0.05, 0.1) is 11.0 Å². The van der Waals surface area contributed by atoms with Crippen molar-refractivity contribution in [2.45, 2.75) is 38.6 Å². The molecule has 28 heavy (non-hydrogen) atoms. The number of aromatic nitrogens is 2. The Morgan fingerprint density at radius 3 is 2.64 bits per heavy atom. The van der Waals surface area contributed by atoms with Crippen molar-refractivity contribution in [1.82, 2.24) is 9.13 Å². The second kappa shape index (κ2) is 5.64. The highest BCUT2D eigenvalue weighted by Crippen LogP contribution is 2.46. The molecule has 0 radical (unpaired) electrons. The van der Waals surface area contributed by atoms with Crippen molar-refractivity contribution in [3.63, 3.8) is 0 Å². The number of hydrogen-bond donors (Lipinski definition) is 0. The van der Waals surface area contributed by atoms with Crippen molar-refractivity contribution in [1.29, 1.82) is 0 Å². The summed E-state index contributed by atoms with van der Waals surface area (Å²) in [6.45, 7) is 4.65. The summed E-state index contributed by atoms with van der Waals surface area (Å²) in [7, 11) is 2.25. The molecular weight excluding hydrogens is 340 g/mol. The third-order valence-corrected chi connectivity index (χ3v) is 6.88. The average Bonchev–Trinajstić information content (AvgIpc) is 3.21. The van der Waals surface area contributed by atoms with E-state index in [1.165, 1.54) is 44.3 Å². The van der Waals surface area contributed by atoms with Crippen LogP contribution in [0.3, 0.4) is 0 Å². The van der Waals surface area contributed by atoms with Gasteiger partial charge in [0.15, 0.2) is 0 Å². The molecule has 3 aliphatic rings. The van der Waals surface area contributed by atoms with Gasteiger partial charge in [0.2, 0.25) is 0 Å². The summed E-state index contributed by atoms with van der Waals surface area (Å²) in [5, 5.41) is 2.83. The molecule has 3 aromatic rings. The van der Waals surface area contributed by atoms with E-state index in [0.29, 0.717) is 17.9 Å². The van der Waals surface area contributed by atoms with Crippen LogP contribution in [-0.2, 0) is 13.5 Å². The van der Waals surface area contributed by atoms with Crippen LogP contribution in [0.15, 0.2) is 48.6 Å². The maximum atomic E-state index is 2.61. The smallest absolute Gasteiger partial charge is 0.0738 e. The number of allylic oxidation sites excluding steroid dienone is 6. The lowest BCUT2D eigenvalue weighted by Crippen LogP contribution is -2.13.